The molecule has 2 heterocycles. The van der Waals surface area contributed by atoms with E-state index in [1.54, 1.807) is 23.3 Å². The van der Waals surface area contributed by atoms with Crippen molar-refractivity contribution in [2.75, 3.05) is 14.2 Å². The third kappa shape index (κ3) is 3.28. The predicted octanol–water partition coefficient (Wildman–Crippen LogP) is 3.76. The van der Waals surface area contributed by atoms with Crippen LogP contribution in [0.15, 0.2) is 54.2 Å². The summed E-state index contributed by atoms with van der Waals surface area (Å²) in [5.41, 5.74) is 1.91. The molecule has 0 atom stereocenters. The molecule has 0 N–H and O–H groups in total. The minimum absolute atomic E-state index is 0.0607. The maximum atomic E-state index is 12.5. The molecule has 0 unspecified atom stereocenters. The van der Waals surface area contributed by atoms with Crippen LogP contribution < -0.4 is 4.74 Å². The summed E-state index contributed by atoms with van der Waals surface area (Å²) in [6, 6.07) is 12.2. The number of imidazole rings is 1. The number of thiazole rings is 1. The Kier molecular flexibility index (Phi) is 4.34. The molecule has 1 amide bonds. The monoisotopic (exact) mass is 365 g/mol. The molecule has 0 aliphatic carbocycles. The van der Waals surface area contributed by atoms with Crippen LogP contribution in [0.3, 0.4) is 0 Å². The topological polar surface area (TPSA) is 46.8 Å². The van der Waals surface area contributed by atoms with Crippen LogP contribution in [-0.2, 0) is 17.8 Å². The number of rotatable bonds is 5. The fourth-order valence-electron chi connectivity index (χ4n) is 3.01. The maximum Gasteiger partial charge on any atom is 0.228 e. The van der Waals surface area contributed by atoms with Gasteiger partial charge in [0.15, 0.2) is 4.96 Å². The molecular formula is C20H19N3O2S. The molecule has 5 nitrogen and oxygen atoms in total. The smallest absolute Gasteiger partial charge is 0.228 e. The third-order valence-electron chi connectivity index (χ3n) is 4.43. The van der Waals surface area contributed by atoms with Gasteiger partial charge in [0.1, 0.15) is 5.75 Å². The van der Waals surface area contributed by atoms with E-state index >= 15 is 0 Å². The van der Waals surface area contributed by atoms with E-state index in [-0.39, 0.29) is 5.91 Å². The average molecular weight is 365 g/mol. The molecule has 26 heavy (non-hydrogen) atoms. The van der Waals surface area contributed by atoms with Crippen LogP contribution in [0.1, 0.15) is 11.3 Å². The van der Waals surface area contributed by atoms with E-state index in [4.69, 9.17) is 4.74 Å². The molecule has 0 fully saturated rings. The normalized spacial score (nSPS) is 11.2. The second kappa shape index (κ2) is 6.80. The third-order valence-corrected chi connectivity index (χ3v) is 5.20. The van der Waals surface area contributed by atoms with Gasteiger partial charge in [0.25, 0.3) is 0 Å². The minimum atomic E-state index is 0.0607. The molecule has 6 heteroatoms. The lowest BCUT2D eigenvalue weighted by molar-refractivity contribution is -0.129. The Morgan fingerprint density at radius 2 is 2.04 bits per heavy atom. The van der Waals surface area contributed by atoms with Gasteiger partial charge >= 0.3 is 0 Å². The highest BCUT2D eigenvalue weighted by molar-refractivity contribution is 7.15. The fraction of sp³-hybridized carbons (Fsp3) is 0.200. The Balaban J connectivity index is 1.46. The number of aromatic nitrogens is 2. The fourth-order valence-corrected chi connectivity index (χ4v) is 3.73. The van der Waals surface area contributed by atoms with Crippen LogP contribution in [0.4, 0.5) is 0 Å². The number of amides is 1. The van der Waals surface area contributed by atoms with Crippen LogP contribution in [0.25, 0.3) is 15.7 Å². The summed E-state index contributed by atoms with van der Waals surface area (Å²) in [5, 5.41) is 4.24. The molecule has 0 saturated heterocycles. The van der Waals surface area contributed by atoms with Crippen molar-refractivity contribution in [3.63, 3.8) is 0 Å². The van der Waals surface area contributed by atoms with E-state index in [2.05, 4.69) is 23.2 Å². The van der Waals surface area contributed by atoms with Gasteiger partial charge in [-0.2, -0.15) is 0 Å². The Labute approximate surface area is 155 Å². The van der Waals surface area contributed by atoms with Crippen molar-refractivity contribution >= 4 is 33.0 Å². The first-order valence-electron chi connectivity index (χ1n) is 8.34. The lowest BCUT2D eigenvalue weighted by Crippen LogP contribution is -2.27. The largest absolute Gasteiger partial charge is 0.497 e. The van der Waals surface area contributed by atoms with Crippen molar-refractivity contribution in [1.29, 1.82) is 0 Å². The van der Waals surface area contributed by atoms with E-state index in [1.165, 1.54) is 0 Å². The standard InChI is InChI=1S/C20H19N3O2S/c1-22(19(24)11-17-13-23-7-8-26-20(23)21-17)12-14-3-4-16-10-18(25-2)6-5-15(16)9-14/h3-10,13H,11-12H2,1-2H3. The summed E-state index contributed by atoms with van der Waals surface area (Å²) >= 11 is 1.57. The number of carbonyl (C=O) groups excluding carboxylic acids is 1. The first-order chi connectivity index (χ1) is 12.6. The maximum absolute atomic E-state index is 12.5. The van der Waals surface area contributed by atoms with Gasteiger partial charge < -0.3 is 9.64 Å². The zero-order chi connectivity index (χ0) is 18.1. The van der Waals surface area contributed by atoms with E-state index in [1.807, 2.05) is 47.4 Å². The molecule has 0 aliphatic rings. The van der Waals surface area contributed by atoms with Crippen LogP contribution in [-0.4, -0.2) is 34.3 Å². The molecule has 2 aromatic carbocycles. The SMILES string of the molecule is COc1ccc2cc(CN(C)C(=O)Cc3cn4ccsc4n3)ccc2c1. The van der Waals surface area contributed by atoms with Crippen molar-refractivity contribution in [2.24, 2.45) is 0 Å². The van der Waals surface area contributed by atoms with Gasteiger partial charge in [0.2, 0.25) is 5.91 Å². The zero-order valence-corrected chi connectivity index (χ0v) is 15.5. The van der Waals surface area contributed by atoms with Crippen molar-refractivity contribution in [3.8, 4) is 5.75 Å². The summed E-state index contributed by atoms with van der Waals surface area (Å²) in [4.78, 5) is 19.7. The Morgan fingerprint density at radius 1 is 1.23 bits per heavy atom. The first-order valence-corrected chi connectivity index (χ1v) is 9.22. The molecule has 0 spiro atoms. The number of nitrogens with zero attached hydrogens (tertiary/aromatic N) is 3. The van der Waals surface area contributed by atoms with Gasteiger partial charge in [-0.1, -0.05) is 18.2 Å². The zero-order valence-electron chi connectivity index (χ0n) is 14.7. The number of likely N-dealkylation sites (N-methyl/N-ethyl adjacent to an activating group) is 1. The first kappa shape index (κ1) is 16.6. The Bertz CT molecular complexity index is 1050. The molecule has 2 aromatic heterocycles. The summed E-state index contributed by atoms with van der Waals surface area (Å²) in [6.07, 6.45) is 4.19. The van der Waals surface area contributed by atoms with Crippen LogP contribution in [0, 0.1) is 0 Å². The van der Waals surface area contributed by atoms with Gasteiger partial charge in [-0.15, -0.1) is 11.3 Å². The summed E-state index contributed by atoms with van der Waals surface area (Å²) < 4.78 is 7.21. The quantitative estimate of drug-likeness (QED) is 0.541. The molecule has 0 radical (unpaired) electrons. The summed E-state index contributed by atoms with van der Waals surface area (Å²) in [6.45, 7) is 0.572. The Hall–Kier alpha value is -2.86. The molecular weight excluding hydrogens is 346 g/mol. The predicted molar refractivity (Wildman–Crippen MR) is 104 cm³/mol. The Morgan fingerprint density at radius 3 is 2.85 bits per heavy atom. The second-order valence-corrected chi connectivity index (χ2v) is 7.17. The van der Waals surface area contributed by atoms with Gasteiger partial charge in [0.05, 0.1) is 19.2 Å². The minimum Gasteiger partial charge on any atom is -0.497 e. The number of methoxy groups -OCH3 is 1. The van der Waals surface area contributed by atoms with Gasteiger partial charge in [-0.3, -0.25) is 9.20 Å². The highest BCUT2D eigenvalue weighted by Gasteiger charge is 2.13. The van der Waals surface area contributed by atoms with Crippen molar-refractivity contribution in [3.05, 3.63) is 65.4 Å². The molecule has 0 saturated carbocycles. The lowest BCUT2D eigenvalue weighted by Gasteiger charge is -2.17. The highest BCUT2D eigenvalue weighted by Crippen LogP contribution is 2.22. The number of hydrogen-bond acceptors (Lipinski definition) is 4. The summed E-state index contributed by atoms with van der Waals surface area (Å²) in [7, 11) is 3.50. The van der Waals surface area contributed by atoms with Gasteiger partial charge in [0, 0.05) is 31.4 Å². The van der Waals surface area contributed by atoms with Gasteiger partial charge in [-0.25, -0.2) is 4.98 Å². The number of hydrogen-bond donors (Lipinski definition) is 0. The number of ether oxygens (including phenoxy) is 1. The van der Waals surface area contributed by atoms with Crippen molar-refractivity contribution in [2.45, 2.75) is 13.0 Å². The van der Waals surface area contributed by atoms with E-state index in [9.17, 15) is 4.79 Å². The van der Waals surface area contributed by atoms with E-state index in [0.29, 0.717) is 13.0 Å². The average Bonchev–Trinajstić information content (AvgIpc) is 3.22. The molecule has 0 aliphatic heterocycles. The van der Waals surface area contributed by atoms with Crippen molar-refractivity contribution < 1.29 is 9.53 Å². The van der Waals surface area contributed by atoms with E-state index in [0.717, 1.165) is 32.7 Å². The van der Waals surface area contributed by atoms with Gasteiger partial charge in [-0.05, 0) is 34.5 Å². The molecule has 4 rings (SSSR count). The van der Waals surface area contributed by atoms with Crippen molar-refractivity contribution in [1.82, 2.24) is 14.3 Å². The van der Waals surface area contributed by atoms with Crippen LogP contribution >= 0.6 is 11.3 Å². The number of benzene rings is 2. The molecule has 132 valence electrons. The highest BCUT2D eigenvalue weighted by atomic mass is 32.1. The number of fused-ring (bicyclic) bond motifs is 2. The van der Waals surface area contributed by atoms with E-state index < -0.39 is 0 Å². The second-order valence-electron chi connectivity index (χ2n) is 6.30. The lowest BCUT2D eigenvalue weighted by atomic mass is 10.1. The van der Waals surface area contributed by atoms with Crippen LogP contribution in [0.5, 0.6) is 5.75 Å². The number of carbonyl (C=O) groups is 1. The van der Waals surface area contributed by atoms with Crippen LogP contribution in [0.2, 0.25) is 0 Å². The summed E-state index contributed by atoms with van der Waals surface area (Å²) in [5.74, 6) is 0.906. The molecule has 0 bridgehead atoms. The molecule has 4 aromatic rings.